The van der Waals surface area contributed by atoms with Gasteiger partial charge in [-0.25, -0.2) is 0 Å². The Labute approximate surface area is 245 Å². The standard InChI is InChI=1S/C39H25N3/c40-25-27-5-8-30-15-19-38(23-35(30)9-6-27)42(39-20-16-33-21-28(26-41)7-10-36(33)24-39)37-17-13-31(14-18-37)34-12-11-29-3-1-2-4-32(29)22-34/h1-7,9-24H,8H2. The number of hydrogen-bond donors (Lipinski definition) is 0. The van der Waals surface area contributed by atoms with Crippen LogP contribution >= 0.6 is 0 Å². The Balaban J connectivity index is 1.33. The molecule has 6 aromatic carbocycles. The van der Waals surface area contributed by atoms with Crippen LogP contribution in [0.1, 0.15) is 16.7 Å². The van der Waals surface area contributed by atoms with Crippen molar-refractivity contribution in [2.75, 3.05) is 4.90 Å². The van der Waals surface area contributed by atoms with Gasteiger partial charge >= 0.3 is 0 Å². The third kappa shape index (κ3) is 4.71. The van der Waals surface area contributed by atoms with Gasteiger partial charge in [0, 0.05) is 22.6 Å². The average molecular weight is 536 g/mol. The van der Waals surface area contributed by atoms with Crippen LogP contribution in [0.3, 0.4) is 0 Å². The molecule has 0 atom stereocenters. The molecule has 6 aromatic rings. The van der Waals surface area contributed by atoms with E-state index in [2.05, 4.69) is 120 Å². The second-order valence-electron chi connectivity index (χ2n) is 10.5. The normalized spacial score (nSPS) is 12.2. The number of allylic oxidation sites excluding steroid dienone is 3. The Morgan fingerprint density at radius 1 is 0.524 bits per heavy atom. The quantitative estimate of drug-likeness (QED) is 0.226. The zero-order chi connectivity index (χ0) is 28.5. The first kappa shape index (κ1) is 25.1. The van der Waals surface area contributed by atoms with Crippen LogP contribution in [0.2, 0.25) is 0 Å². The molecule has 0 N–H and O–H groups in total. The SMILES string of the molecule is N#CC1=CCc2ccc(N(c3ccc(-c4ccc5ccccc5c4)cc3)c3ccc4cc(C#N)ccc4c3)cc2C=C1. The van der Waals surface area contributed by atoms with Gasteiger partial charge in [0.2, 0.25) is 0 Å². The van der Waals surface area contributed by atoms with E-state index in [4.69, 9.17) is 0 Å². The maximum Gasteiger partial charge on any atom is 0.0991 e. The second-order valence-corrected chi connectivity index (χ2v) is 10.5. The Hall–Kier alpha value is -5.90. The first-order valence-electron chi connectivity index (χ1n) is 13.9. The van der Waals surface area contributed by atoms with Gasteiger partial charge in [-0.15, -0.1) is 0 Å². The van der Waals surface area contributed by atoms with Crippen LogP contribution in [0.5, 0.6) is 0 Å². The van der Waals surface area contributed by atoms with Crippen LogP contribution in [0.15, 0.2) is 139 Å². The predicted octanol–water partition coefficient (Wildman–Crippen LogP) is 10.0. The number of nitrogens with zero attached hydrogens (tertiary/aromatic N) is 3. The monoisotopic (exact) mass is 535 g/mol. The summed E-state index contributed by atoms with van der Waals surface area (Å²) in [5.41, 5.74) is 9.07. The van der Waals surface area contributed by atoms with E-state index in [0.717, 1.165) is 45.4 Å². The van der Waals surface area contributed by atoms with Gasteiger partial charge in [-0.3, -0.25) is 0 Å². The molecule has 0 fully saturated rings. The first-order valence-corrected chi connectivity index (χ1v) is 13.9. The summed E-state index contributed by atoms with van der Waals surface area (Å²) >= 11 is 0. The van der Waals surface area contributed by atoms with Gasteiger partial charge in [0.15, 0.2) is 0 Å². The smallest absolute Gasteiger partial charge is 0.0991 e. The maximum absolute atomic E-state index is 9.42. The Bertz CT molecular complexity index is 2140. The molecule has 0 radical (unpaired) electrons. The molecule has 42 heavy (non-hydrogen) atoms. The molecule has 3 heteroatoms. The van der Waals surface area contributed by atoms with Gasteiger partial charge in [-0.05, 0) is 111 Å². The lowest BCUT2D eigenvalue weighted by Gasteiger charge is -2.27. The van der Waals surface area contributed by atoms with Crippen LogP contribution in [-0.2, 0) is 6.42 Å². The average Bonchev–Trinajstić information content (AvgIpc) is 3.26. The minimum atomic E-state index is 0.652. The number of fused-ring (bicyclic) bond motifs is 3. The van der Waals surface area contributed by atoms with Crippen molar-refractivity contribution in [3.8, 4) is 23.3 Å². The zero-order valence-electron chi connectivity index (χ0n) is 22.8. The zero-order valence-corrected chi connectivity index (χ0v) is 22.8. The Kier molecular flexibility index (Phi) is 6.32. The fraction of sp³-hybridized carbons (Fsp3) is 0.0256. The number of anilines is 3. The molecule has 0 aliphatic heterocycles. The highest BCUT2D eigenvalue weighted by Crippen LogP contribution is 2.39. The van der Waals surface area contributed by atoms with E-state index in [0.29, 0.717) is 11.1 Å². The number of benzene rings is 6. The molecule has 0 bridgehead atoms. The van der Waals surface area contributed by atoms with Crippen LogP contribution in [-0.4, -0.2) is 0 Å². The molecule has 0 spiro atoms. The summed E-state index contributed by atoms with van der Waals surface area (Å²) in [6, 6.07) is 46.9. The van der Waals surface area contributed by atoms with Crippen molar-refractivity contribution in [2.24, 2.45) is 0 Å². The molecular weight excluding hydrogens is 510 g/mol. The predicted molar refractivity (Wildman–Crippen MR) is 173 cm³/mol. The van der Waals surface area contributed by atoms with Gasteiger partial charge in [-0.1, -0.05) is 78.9 Å². The summed E-state index contributed by atoms with van der Waals surface area (Å²) in [6.07, 6.45) is 6.63. The molecule has 1 aliphatic carbocycles. The van der Waals surface area contributed by atoms with Crippen molar-refractivity contribution in [3.05, 3.63) is 156 Å². The van der Waals surface area contributed by atoms with E-state index < -0.39 is 0 Å². The largest absolute Gasteiger partial charge is 0.310 e. The number of nitriles is 2. The van der Waals surface area contributed by atoms with E-state index in [-0.39, 0.29) is 0 Å². The van der Waals surface area contributed by atoms with E-state index in [9.17, 15) is 10.5 Å². The maximum atomic E-state index is 9.42. The fourth-order valence-electron chi connectivity index (χ4n) is 5.67. The molecule has 0 saturated carbocycles. The van der Waals surface area contributed by atoms with Crippen molar-refractivity contribution in [3.63, 3.8) is 0 Å². The molecule has 3 nitrogen and oxygen atoms in total. The summed E-state index contributed by atoms with van der Waals surface area (Å²) in [6.45, 7) is 0. The molecule has 0 amide bonds. The van der Waals surface area contributed by atoms with Crippen LogP contribution in [0, 0.1) is 22.7 Å². The third-order valence-corrected chi connectivity index (χ3v) is 7.92. The van der Waals surface area contributed by atoms with E-state index in [1.807, 2.05) is 36.4 Å². The highest BCUT2D eigenvalue weighted by Gasteiger charge is 2.16. The minimum Gasteiger partial charge on any atom is -0.310 e. The van der Waals surface area contributed by atoms with Gasteiger partial charge < -0.3 is 4.90 Å². The molecule has 0 heterocycles. The third-order valence-electron chi connectivity index (χ3n) is 7.92. The van der Waals surface area contributed by atoms with Gasteiger partial charge in [0.05, 0.1) is 17.7 Å². The van der Waals surface area contributed by atoms with Crippen LogP contribution in [0.4, 0.5) is 17.1 Å². The lowest BCUT2D eigenvalue weighted by Crippen LogP contribution is -2.10. The van der Waals surface area contributed by atoms with Crippen molar-refractivity contribution in [1.82, 2.24) is 0 Å². The minimum absolute atomic E-state index is 0.652. The van der Waals surface area contributed by atoms with E-state index in [1.54, 1.807) is 0 Å². The number of hydrogen-bond acceptors (Lipinski definition) is 3. The topological polar surface area (TPSA) is 50.8 Å². The molecule has 1 aliphatic rings. The number of rotatable bonds is 4. The lowest BCUT2D eigenvalue weighted by atomic mass is 10.00. The van der Waals surface area contributed by atoms with Gasteiger partial charge in [-0.2, -0.15) is 10.5 Å². The van der Waals surface area contributed by atoms with E-state index >= 15 is 0 Å². The molecule has 7 rings (SSSR count). The highest BCUT2D eigenvalue weighted by atomic mass is 15.1. The van der Waals surface area contributed by atoms with E-state index in [1.165, 1.54) is 21.9 Å². The molecular formula is C39H25N3. The van der Waals surface area contributed by atoms with Crippen molar-refractivity contribution in [1.29, 1.82) is 10.5 Å². The molecule has 196 valence electrons. The lowest BCUT2D eigenvalue weighted by molar-refractivity contribution is 1.23. The fourth-order valence-corrected chi connectivity index (χ4v) is 5.67. The molecule has 0 aromatic heterocycles. The van der Waals surface area contributed by atoms with Crippen LogP contribution in [0.25, 0.3) is 38.7 Å². The Morgan fingerprint density at radius 2 is 1.19 bits per heavy atom. The summed E-state index contributed by atoms with van der Waals surface area (Å²) in [5.74, 6) is 0. The molecule has 0 saturated heterocycles. The van der Waals surface area contributed by atoms with Crippen molar-refractivity contribution in [2.45, 2.75) is 6.42 Å². The molecule has 0 unspecified atom stereocenters. The first-order chi connectivity index (χ1) is 20.7. The second kappa shape index (κ2) is 10.6. The van der Waals surface area contributed by atoms with Gasteiger partial charge in [0.1, 0.15) is 0 Å². The van der Waals surface area contributed by atoms with Gasteiger partial charge in [0.25, 0.3) is 0 Å². The summed E-state index contributed by atoms with van der Waals surface area (Å²) in [7, 11) is 0. The Morgan fingerprint density at radius 3 is 2.02 bits per heavy atom. The van der Waals surface area contributed by atoms with Crippen LogP contribution < -0.4 is 4.90 Å². The summed E-state index contributed by atoms with van der Waals surface area (Å²) in [4.78, 5) is 2.26. The van der Waals surface area contributed by atoms with Crippen molar-refractivity contribution >= 4 is 44.7 Å². The summed E-state index contributed by atoms with van der Waals surface area (Å²) in [5, 5.41) is 23.3. The van der Waals surface area contributed by atoms with Crippen molar-refractivity contribution < 1.29 is 0 Å². The highest BCUT2D eigenvalue weighted by molar-refractivity contribution is 5.91. The summed E-state index contributed by atoms with van der Waals surface area (Å²) < 4.78 is 0.